The van der Waals surface area contributed by atoms with Gasteiger partial charge in [0.1, 0.15) is 18.2 Å². The zero-order valence-electron chi connectivity index (χ0n) is 22.9. The van der Waals surface area contributed by atoms with Crippen molar-refractivity contribution in [1.29, 1.82) is 0 Å². The molecule has 0 radical (unpaired) electrons. The molecule has 2 atom stereocenters. The second-order valence-corrected chi connectivity index (χ2v) is 10.5. The third kappa shape index (κ3) is 10.6. The molecule has 0 bridgehead atoms. The molecule has 0 saturated heterocycles. The van der Waals surface area contributed by atoms with Crippen molar-refractivity contribution in [3.63, 3.8) is 0 Å². The van der Waals surface area contributed by atoms with E-state index in [4.69, 9.17) is 14.2 Å². The summed E-state index contributed by atoms with van der Waals surface area (Å²) in [6, 6.07) is 9.62. The van der Waals surface area contributed by atoms with E-state index in [9.17, 15) is 27.6 Å². The van der Waals surface area contributed by atoms with E-state index in [0.29, 0.717) is 11.8 Å². The maximum absolute atomic E-state index is 13.3. The number of ether oxygens (including phenoxy) is 3. The minimum Gasteiger partial charge on any atom is -0.458 e. The topological polar surface area (TPSA) is 95.0 Å². The van der Waals surface area contributed by atoms with Crippen molar-refractivity contribution in [2.24, 2.45) is 5.92 Å². The van der Waals surface area contributed by atoms with Gasteiger partial charge in [-0.2, -0.15) is 13.2 Å². The summed E-state index contributed by atoms with van der Waals surface area (Å²) >= 11 is 0. The number of amides is 1. The van der Waals surface area contributed by atoms with Crippen molar-refractivity contribution in [1.82, 2.24) is 9.88 Å². The van der Waals surface area contributed by atoms with Crippen LogP contribution in [-0.2, 0) is 43.0 Å². The molecule has 2 rings (SSSR count). The summed E-state index contributed by atoms with van der Waals surface area (Å²) in [7, 11) is 1.39. The van der Waals surface area contributed by atoms with Gasteiger partial charge in [0.15, 0.2) is 0 Å². The van der Waals surface area contributed by atoms with Gasteiger partial charge < -0.3 is 14.2 Å². The third-order valence-corrected chi connectivity index (χ3v) is 5.41. The maximum Gasteiger partial charge on any atom is 0.417 e. The Balaban J connectivity index is 2.28. The molecule has 0 aliphatic rings. The minimum absolute atomic E-state index is 0.0347. The fourth-order valence-electron chi connectivity index (χ4n) is 3.44. The first-order valence-electron chi connectivity index (χ1n) is 12.5. The summed E-state index contributed by atoms with van der Waals surface area (Å²) in [4.78, 5) is 43.9. The number of likely N-dealkylation sites (N-methyl/N-ethyl adjacent to an activating group) is 1. The summed E-state index contributed by atoms with van der Waals surface area (Å²) in [6.07, 6.45) is -6.34. The molecule has 1 aromatic carbocycles. The van der Waals surface area contributed by atoms with Gasteiger partial charge in [-0.1, -0.05) is 44.2 Å². The predicted molar refractivity (Wildman–Crippen MR) is 136 cm³/mol. The van der Waals surface area contributed by atoms with Gasteiger partial charge in [-0.15, -0.1) is 0 Å². The lowest BCUT2D eigenvalue weighted by Crippen LogP contribution is -2.48. The first-order chi connectivity index (χ1) is 18.1. The van der Waals surface area contributed by atoms with Crippen LogP contribution in [0.1, 0.15) is 57.9 Å². The lowest BCUT2D eigenvalue weighted by molar-refractivity contribution is -0.171. The number of hydrogen-bond donors (Lipinski definition) is 0. The molecule has 8 nitrogen and oxygen atoms in total. The van der Waals surface area contributed by atoms with Crippen molar-refractivity contribution in [3.8, 4) is 0 Å². The molecule has 0 aliphatic carbocycles. The molecule has 0 aliphatic heterocycles. The highest BCUT2D eigenvalue weighted by atomic mass is 19.4. The van der Waals surface area contributed by atoms with E-state index in [1.54, 1.807) is 51.1 Å². The highest BCUT2D eigenvalue weighted by Crippen LogP contribution is 2.28. The van der Waals surface area contributed by atoms with Crippen LogP contribution in [0, 0.1) is 5.92 Å². The maximum atomic E-state index is 13.3. The minimum atomic E-state index is -4.58. The van der Waals surface area contributed by atoms with E-state index >= 15 is 0 Å². The highest BCUT2D eigenvalue weighted by molar-refractivity contribution is 5.84. The van der Waals surface area contributed by atoms with Crippen molar-refractivity contribution < 1.29 is 41.8 Å². The van der Waals surface area contributed by atoms with Crippen LogP contribution in [0.5, 0.6) is 0 Å². The number of pyridine rings is 1. The molecule has 1 heterocycles. The molecular weight excluding hydrogens is 517 g/mol. The molecule has 0 unspecified atom stereocenters. The number of carbonyl (C=O) groups excluding carboxylic acids is 3. The number of aromatic nitrogens is 1. The predicted octanol–water partition coefficient (Wildman–Crippen LogP) is 5.58. The van der Waals surface area contributed by atoms with Crippen molar-refractivity contribution in [2.45, 2.75) is 78.0 Å². The molecule has 39 heavy (non-hydrogen) atoms. The van der Waals surface area contributed by atoms with Crippen LogP contribution in [0.3, 0.4) is 0 Å². The van der Waals surface area contributed by atoms with Gasteiger partial charge in [0.05, 0.1) is 5.56 Å². The van der Waals surface area contributed by atoms with Crippen molar-refractivity contribution >= 4 is 18.0 Å². The van der Waals surface area contributed by atoms with E-state index in [1.807, 2.05) is 13.8 Å². The Hall–Kier alpha value is -3.63. The van der Waals surface area contributed by atoms with E-state index in [0.717, 1.165) is 17.0 Å². The largest absolute Gasteiger partial charge is 0.458 e. The number of hydrogen-bond acceptors (Lipinski definition) is 7. The summed E-state index contributed by atoms with van der Waals surface area (Å²) < 4.78 is 55.1. The number of carbonyl (C=O) groups is 3. The summed E-state index contributed by atoms with van der Waals surface area (Å²) in [5.41, 5.74) is -0.998. The van der Waals surface area contributed by atoms with Gasteiger partial charge in [-0.25, -0.2) is 14.4 Å². The summed E-state index contributed by atoms with van der Waals surface area (Å²) in [5.74, 6) is -1.82. The van der Waals surface area contributed by atoms with Crippen LogP contribution in [0.2, 0.25) is 0 Å². The number of benzene rings is 1. The number of esters is 2. The monoisotopic (exact) mass is 552 g/mol. The Morgan fingerprint density at radius 3 is 2.13 bits per heavy atom. The Bertz CT molecular complexity index is 1100. The van der Waals surface area contributed by atoms with Crippen LogP contribution in [-0.4, -0.2) is 52.7 Å². The van der Waals surface area contributed by atoms with Gasteiger partial charge in [0.25, 0.3) is 0 Å². The molecule has 0 fully saturated rings. The fourth-order valence-corrected chi connectivity index (χ4v) is 3.44. The molecular formula is C28H35F3N2O6. The number of nitrogens with zero attached hydrogens (tertiary/aromatic N) is 2. The van der Waals surface area contributed by atoms with E-state index in [-0.39, 0.29) is 31.1 Å². The standard InChI is InChI=1S/C28H35F3N2O6/c1-18(2)14-22(33(6)26(36)39-27(3,4)5)24(34)38-23(25(35)37-17-19-10-8-7-9-11-19)15-21-13-12-20(16-32-21)28(29,30)31/h7-13,16,18,22-23H,14-15,17H2,1-6H3/t22-,23+/m0/s1. The third-order valence-electron chi connectivity index (χ3n) is 5.41. The highest BCUT2D eigenvalue weighted by Gasteiger charge is 2.36. The smallest absolute Gasteiger partial charge is 0.417 e. The first-order valence-corrected chi connectivity index (χ1v) is 12.5. The SMILES string of the molecule is CC(C)C[C@@H](C(=O)O[C@H](Cc1ccc(C(F)(F)F)cn1)C(=O)OCc1ccccc1)N(C)C(=O)OC(C)(C)C. The average Bonchev–Trinajstić information content (AvgIpc) is 2.84. The molecule has 0 saturated carbocycles. The number of alkyl halides is 3. The van der Waals surface area contributed by atoms with Crippen LogP contribution in [0.25, 0.3) is 0 Å². The molecule has 11 heteroatoms. The van der Waals surface area contributed by atoms with Crippen LogP contribution in [0.15, 0.2) is 48.7 Å². The van der Waals surface area contributed by atoms with Crippen LogP contribution < -0.4 is 0 Å². The lowest BCUT2D eigenvalue weighted by Gasteiger charge is -2.31. The second-order valence-electron chi connectivity index (χ2n) is 10.5. The number of rotatable bonds is 10. The van der Waals surface area contributed by atoms with E-state index < -0.39 is 47.5 Å². The Kier molecular flexibility index (Phi) is 10.9. The Morgan fingerprint density at radius 1 is 0.974 bits per heavy atom. The molecule has 214 valence electrons. The quantitative estimate of drug-likeness (QED) is 0.281. The van der Waals surface area contributed by atoms with E-state index in [2.05, 4.69) is 4.98 Å². The van der Waals surface area contributed by atoms with E-state index in [1.165, 1.54) is 7.05 Å². The molecule has 1 amide bonds. The van der Waals surface area contributed by atoms with Gasteiger partial charge >= 0.3 is 24.2 Å². The Labute approximate surface area is 226 Å². The first kappa shape index (κ1) is 31.6. The molecule has 1 aromatic heterocycles. The normalized spacial score (nSPS) is 13.4. The fraction of sp³-hybridized carbons (Fsp3) is 0.500. The summed E-state index contributed by atoms with van der Waals surface area (Å²) in [6.45, 7) is 8.64. The van der Waals surface area contributed by atoms with Gasteiger partial charge in [-0.3, -0.25) is 9.88 Å². The van der Waals surface area contributed by atoms with Crippen molar-refractivity contribution in [2.75, 3.05) is 7.05 Å². The van der Waals surface area contributed by atoms with Crippen molar-refractivity contribution in [3.05, 3.63) is 65.5 Å². The van der Waals surface area contributed by atoms with Gasteiger partial charge in [0.2, 0.25) is 6.10 Å². The average molecular weight is 553 g/mol. The zero-order chi connectivity index (χ0) is 29.4. The molecule has 0 spiro atoms. The Morgan fingerprint density at radius 2 is 1.62 bits per heavy atom. The second kappa shape index (κ2) is 13.4. The lowest BCUT2D eigenvalue weighted by atomic mass is 10.0. The van der Waals surface area contributed by atoms with Gasteiger partial charge in [0, 0.05) is 25.4 Å². The van der Waals surface area contributed by atoms with Crippen LogP contribution in [0.4, 0.5) is 18.0 Å². The van der Waals surface area contributed by atoms with Gasteiger partial charge in [-0.05, 0) is 50.8 Å². The summed E-state index contributed by atoms with van der Waals surface area (Å²) in [5, 5.41) is 0. The number of halogens is 3. The zero-order valence-corrected chi connectivity index (χ0v) is 22.9. The van der Waals surface area contributed by atoms with Crippen LogP contribution >= 0.6 is 0 Å². The molecule has 0 N–H and O–H groups in total. The molecule has 2 aromatic rings.